The molecule has 2 heterocycles. The summed E-state index contributed by atoms with van der Waals surface area (Å²) in [7, 11) is 0. The molecule has 5 rings (SSSR count). The van der Waals surface area contributed by atoms with Crippen LogP contribution in [0.3, 0.4) is 0 Å². The van der Waals surface area contributed by atoms with Crippen LogP contribution in [0, 0.1) is 13.8 Å². The zero-order valence-electron chi connectivity index (χ0n) is 10.9. The van der Waals surface area contributed by atoms with Crippen LogP contribution in [0.2, 0.25) is 0 Å². The van der Waals surface area contributed by atoms with Crippen molar-refractivity contribution >= 4 is 91.9 Å². The molecule has 4 heteroatoms. The van der Waals surface area contributed by atoms with Gasteiger partial charge in [0.1, 0.15) is 0 Å². The third-order valence-corrected chi connectivity index (χ3v) is 18.6. The average Bonchev–Trinajstić information content (AvgIpc) is 3.04. The van der Waals surface area contributed by atoms with Crippen LogP contribution >= 0.6 is 0 Å². The predicted molar refractivity (Wildman–Crippen MR) is 92.5 cm³/mol. The summed E-state index contributed by atoms with van der Waals surface area (Å²) >= 11 is 2.85. The molecule has 0 aromatic heterocycles. The molecule has 0 unspecified atom stereocenters. The van der Waals surface area contributed by atoms with Gasteiger partial charge in [0.2, 0.25) is 0 Å². The van der Waals surface area contributed by atoms with Crippen molar-refractivity contribution in [3.8, 4) is 0 Å². The van der Waals surface area contributed by atoms with E-state index in [0.717, 1.165) is 26.3 Å². The van der Waals surface area contributed by atoms with Crippen LogP contribution in [0.25, 0.3) is 21.5 Å². The van der Waals surface area contributed by atoms with Crippen LogP contribution in [0.4, 0.5) is 0 Å². The van der Waals surface area contributed by atoms with Gasteiger partial charge >= 0.3 is 141 Å². The van der Waals surface area contributed by atoms with E-state index in [1.807, 2.05) is 0 Å². The topological polar surface area (TPSA) is 0 Å². The van der Waals surface area contributed by atoms with Crippen LogP contribution in [0.15, 0.2) is 24.3 Å². The van der Waals surface area contributed by atoms with Gasteiger partial charge in [-0.3, -0.25) is 0 Å². The molecule has 0 bridgehead atoms. The van der Waals surface area contributed by atoms with Crippen LogP contribution in [0.1, 0.15) is 11.1 Å². The first-order valence-electron chi connectivity index (χ1n) is 6.47. The van der Waals surface area contributed by atoms with Crippen molar-refractivity contribution in [1.82, 2.24) is 0 Å². The Kier molecular flexibility index (Phi) is 2.80. The fourth-order valence-corrected chi connectivity index (χ4v) is 19.2. The van der Waals surface area contributed by atoms with E-state index in [9.17, 15) is 0 Å². The van der Waals surface area contributed by atoms with E-state index in [2.05, 4.69) is 38.1 Å². The van der Waals surface area contributed by atoms with Crippen molar-refractivity contribution in [2.75, 3.05) is 0 Å². The summed E-state index contributed by atoms with van der Waals surface area (Å²) in [5.41, 5.74) is 3.01. The molecule has 0 aliphatic carbocycles. The van der Waals surface area contributed by atoms with Crippen molar-refractivity contribution in [3.63, 3.8) is 0 Å². The first-order valence-corrected chi connectivity index (χ1v) is 18.6. The van der Waals surface area contributed by atoms with E-state index in [1.165, 1.54) is 5.56 Å². The molecule has 20 heavy (non-hydrogen) atoms. The van der Waals surface area contributed by atoms with Crippen molar-refractivity contribution in [1.29, 1.82) is 0 Å². The molecule has 0 amide bonds. The maximum atomic E-state index is 2.46. The van der Waals surface area contributed by atoms with Crippen LogP contribution in [-0.2, 0) is 0 Å². The van der Waals surface area contributed by atoms with Gasteiger partial charge in [-0.05, 0) is 0 Å². The Balaban J connectivity index is 2.16. The molecule has 0 atom stereocenters. The molecule has 2 aliphatic rings. The second kappa shape index (κ2) is 4.39. The Hall–Kier alpha value is 0.258. The Morgan fingerprint density at radius 1 is 0.650 bits per heavy atom. The van der Waals surface area contributed by atoms with Crippen LogP contribution in [0.5, 0.6) is 0 Å². The van der Waals surface area contributed by atoms with Gasteiger partial charge < -0.3 is 0 Å². The summed E-state index contributed by atoms with van der Waals surface area (Å²) in [6, 6.07) is 9.67. The molecule has 0 nitrogen and oxygen atoms in total. The fourth-order valence-electron chi connectivity index (χ4n) is 3.05. The summed E-state index contributed by atoms with van der Waals surface area (Å²) in [5.74, 6) is 0. The Morgan fingerprint density at radius 2 is 1.30 bits per heavy atom. The van der Waals surface area contributed by atoms with Gasteiger partial charge in [0.05, 0.1) is 0 Å². The number of fused-ring (bicyclic) bond motifs is 3. The molecule has 0 N–H and O–H groups in total. The SMILES string of the molecule is Cc1ccc2c3c4c(ccc5c4c(c2c1C)[Se][Se]5)[Se][Se]3. The van der Waals surface area contributed by atoms with Gasteiger partial charge in [0.15, 0.2) is 0 Å². The second-order valence-electron chi connectivity index (χ2n) is 5.23. The molecule has 0 radical (unpaired) electrons. The van der Waals surface area contributed by atoms with E-state index in [1.54, 1.807) is 45.0 Å². The Morgan fingerprint density at radius 3 is 2.05 bits per heavy atom. The maximum absolute atomic E-state index is 2.46. The molecular weight excluding hydrogens is 508 g/mol. The van der Waals surface area contributed by atoms with E-state index < -0.39 is 0 Å². The number of benzene rings is 3. The van der Waals surface area contributed by atoms with E-state index in [0.29, 0.717) is 26.3 Å². The third kappa shape index (κ3) is 1.50. The summed E-state index contributed by atoms with van der Waals surface area (Å²) in [6.45, 7) is 4.61. The molecule has 3 aromatic rings. The third-order valence-electron chi connectivity index (χ3n) is 4.22. The van der Waals surface area contributed by atoms with E-state index >= 15 is 0 Å². The first kappa shape index (κ1) is 12.8. The average molecular weight is 518 g/mol. The molecule has 98 valence electrons. The zero-order chi connectivity index (χ0) is 13.4. The van der Waals surface area contributed by atoms with Crippen LogP contribution in [-0.4, -0.2) is 52.5 Å². The molecule has 0 saturated carbocycles. The van der Waals surface area contributed by atoms with Crippen molar-refractivity contribution in [2.24, 2.45) is 0 Å². The second-order valence-corrected chi connectivity index (χ2v) is 17.5. The summed E-state index contributed by atoms with van der Waals surface area (Å²) in [4.78, 5) is 0. The van der Waals surface area contributed by atoms with Gasteiger partial charge in [0, 0.05) is 0 Å². The minimum atomic E-state index is 0.700. The minimum absolute atomic E-state index is 0.700. The molecule has 0 saturated heterocycles. The van der Waals surface area contributed by atoms with Gasteiger partial charge in [0.25, 0.3) is 0 Å². The number of hydrogen-bond acceptors (Lipinski definition) is 0. The van der Waals surface area contributed by atoms with Crippen molar-refractivity contribution < 1.29 is 0 Å². The zero-order valence-corrected chi connectivity index (χ0v) is 17.8. The monoisotopic (exact) mass is 522 g/mol. The van der Waals surface area contributed by atoms with Gasteiger partial charge in [-0.25, -0.2) is 0 Å². The number of hydrogen-bond donors (Lipinski definition) is 0. The predicted octanol–water partition coefficient (Wildman–Crippen LogP) is -0.215. The first-order chi connectivity index (χ1) is 9.75. The summed E-state index contributed by atoms with van der Waals surface area (Å²) < 4.78 is 6.88. The molecule has 2 aliphatic heterocycles. The molecule has 0 spiro atoms. The quantitative estimate of drug-likeness (QED) is 0.286. The Labute approximate surface area is 140 Å². The van der Waals surface area contributed by atoms with Crippen LogP contribution < -0.4 is 17.8 Å². The fraction of sp³-hybridized carbons (Fsp3) is 0.125. The number of rotatable bonds is 0. The molecule has 0 fully saturated rings. The summed E-state index contributed by atoms with van der Waals surface area (Å²) in [5, 5.41) is 6.66. The normalized spacial score (nSPS) is 15.7. The van der Waals surface area contributed by atoms with Gasteiger partial charge in [-0.2, -0.15) is 0 Å². The summed E-state index contributed by atoms with van der Waals surface area (Å²) in [6.07, 6.45) is 0. The van der Waals surface area contributed by atoms with Crippen molar-refractivity contribution in [2.45, 2.75) is 13.8 Å². The van der Waals surface area contributed by atoms with E-state index in [-0.39, 0.29) is 0 Å². The van der Waals surface area contributed by atoms with E-state index in [4.69, 9.17) is 0 Å². The standard InChI is InChI=1S/C16H10Se4/c1-7-3-4-9-12(8(7)2)16-14-11(18-20-16)6-5-10-13(14)15(9)19-17-10/h3-6H,1-2H3. The molecule has 3 aromatic carbocycles. The van der Waals surface area contributed by atoms with Gasteiger partial charge in [-0.1, -0.05) is 0 Å². The molecular formula is C16H10Se4. The van der Waals surface area contributed by atoms with Gasteiger partial charge in [-0.15, -0.1) is 0 Å². The van der Waals surface area contributed by atoms with Crippen molar-refractivity contribution in [3.05, 3.63) is 35.4 Å². The number of aryl methyl sites for hydroxylation is 2. The Bertz CT molecular complexity index is 927.